The summed E-state index contributed by atoms with van der Waals surface area (Å²) in [6, 6.07) is 16.5. The molecule has 0 atom stereocenters. The van der Waals surface area contributed by atoms with Crippen molar-refractivity contribution in [2.75, 3.05) is 0 Å². The molecular formula is C20H20ClN3O2. The highest BCUT2D eigenvalue weighted by Gasteiger charge is 2.29. The number of amides is 1. The lowest BCUT2D eigenvalue weighted by atomic mass is 10.0. The van der Waals surface area contributed by atoms with Crippen molar-refractivity contribution in [2.24, 2.45) is 0 Å². The van der Waals surface area contributed by atoms with Crippen LogP contribution in [0.25, 0.3) is 11.4 Å². The lowest BCUT2D eigenvalue weighted by molar-refractivity contribution is 0.0526. The zero-order valence-corrected chi connectivity index (χ0v) is 15.7. The van der Waals surface area contributed by atoms with Gasteiger partial charge in [-0.2, -0.15) is 4.98 Å². The van der Waals surface area contributed by atoms with Crippen molar-refractivity contribution in [1.82, 2.24) is 15.0 Å². The summed E-state index contributed by atoms with van der Waals surface area (Å²) < 4.78 is 5.37. The van der Waals surface area contributed by atoms with E-state index in [-0.39, 0.29) is 12.5 Å². The van der Waals surface area contributed by atoms with Gasteiger partial charge in [0.25, 0.3) is 5.91 Å². The molecule has 1 aromatic heterocycles. The summed E-state index contributed by atoms with van der Waals surface area (Å²) in [4.78, 5) is 19.1. The van der Waals surface area contributed by atoms with E-state index in [0.29, 0.717) is 22.3 Å². The summed E-state index contributed by atoms with van der Waals surface area (Å²) >= 11 is 6.03. The van der Waals surface area contributed by atoms with Crippen LogP contribution in [0.15, 0.2) is 59.1 Å². The van der Waals surface area contributed by atoms with Gasteiger partial charge >= 0.3 is 0 Å². The molecule has 6 heteroatoms. The molecule has 0 saturated heterocycles. The van der Waals surface area contributed by atoms with Gasteiger partial charge in [-0.1, -0.05) is 53.2 Å². The fourth-order valence-electron chi connectivity index (χ4n) is 2.55. The van der Waals surface area contributed by atoms with Gasteiger partial charge in [0.05, 0.1) is 0 Å². The molecule has 26 heavy (non-hydrogen) atoms. The highest BCUT2D eigenvalue weighted by atomic mass is 35.5. The molecule has 0 spiro atoms. The monoisotopic (exact) mass is 369 g/mol. The number of aromatic nitrogens is 2. The fraction of sp³-hybridized carbons (Fsp3) is 0.250. The molecule has 0 aliphatic carbocycles. The Morgan fingerprint density at radius 2 is 1.85 bits per heavy atom. The van der Waals surface area contributed by atoms with Crippen molar-refractivity contribution in [3.05, 3.63) is 71.1 Å². The van der Waals surface area contributed by atoms with Crippen molar-refractivity contribution in [1.29, 1.82) is 0 Å². The van der Waals surface area contributed by atoms with Crippen molar-refractivity contribution in [3.63, 3.8) is 0 Å². The molecule has 0 aliphatic heterocycles. The van der Waals surface area contributed by atoms with Gasteiger partial charge in [0.2, 0.25) is 11.7 Å². The maximum absolute atomic E-state index is 13.0. The topological polar surface area (TPSA) is 59.2 Å². The van der Waals surface area contributed by atoms with Crippen LogP contribution in [0.2, 0.25) is 5.02 Å². The first-order valence-electron chi connectivity index (χ1n) is 8.30. The van der Waals surface area contributed by atoms with Gasteiger partial charge in [-0.25, -0.2) is 0 Å². The molecule has 0 fully saturated rings. The molecule has 1 heterocycles. The Morgan fingerprint density at radius 1 is 1.12 bits per heavy atom. The quantitative estimate of drug-likeness (QED) is 0.660. The number of carbonyl (C=O) groups excluding carboxylic acids is 1. The average molecular weight is 370 g/mol. The van der Waals surface area contributed by atoms with E-state index >= 15 is 0 Å². The minimum absolute atomic E-state index is 0.139. The van der Waals surface area contributed by atoms with Gasteiger partial charge in [-0.3, -0.25) is 4.79 Å². The van der Waals surface area contributed by atoms with Crippen molar-refractivity contribution < 1.29 is 9.32 Å². The second-order valence-corrected chi connectivity index (χ2v) is 7.39. The highest BCUT2D eigenvalue weighted by Crippen LogP contribution is 2.23. The molecule has 3 aromatic rings. The second-order valence-electron chi connectivity index (χ2n) is 6.95. The molecule has 134 valence electrons. The summed E-state index contributed by atoms with van der Waals surface area (Å²) in [5.74, 6) is 0.748. The SMILES string of the molecule is CC(C)(C)N(Cc1nc(-c2ccccc2)no1)C(=O)c1cccc(Cl)c1. The molecule has 0 aliphatic rings. The molecule has 3 rings (SSSR count). The van der Waals surface area contributed by atoms with Gasteiger partial charge in [0.15, 0.2) is 0 Å². The Kier molecular flexibility index (Phi) is 5.09. The van der Waals surface area contributed by atoms with E-state index in [9.17, 15) is 4.79 Å². The molecule has 0 radical (unpaired) electrons. The minimum Gasteiger partial charge on any atom is -0.337 e. The van der Waals surface area contributed by atoms with Gasteiger partial charge in [0, 0.05) is 21.7 Å². The number of carbonyl (C=O) groups is 1. The van der Waals surface area contributed by atoms with Crippen LogP contribution in [0.3, 0.4) is 0 Å². The van der Waals surface area contributed by atoms with E-state index < -0.39 is 5.54 Å². The van der Waals surface area contributed by atoms with Crippen LogP contribution in [-0.4, -0.2) is 26.5 Å². The maximum Gasteiger partial charge on any atom is 0.254 e. The number of rotatable bonds is 4. The number of hydrogen-bond acceptors (Lipinski definition) is 4. The molecule has 0 bridgehead atoms. The van der Waals surface area contributed by atoms with Crippen LogP contribution < -0.4 is 0 Å². The van der Waals surface area contributed by atoms with Crippen molar-refractivity contribution >= 4 is 17.5 Å². The fourth-order valence-corrected chi connectivity index (χ4v) is 2.74. The van der Waals surface area contributed by atoms with Crippen LogP contribution in [0.5, 0.6) is 0 Å². The number of halogens is 1. The van der Waals surface area contributed by atoms with Crippen LogP contribution in [0, 0.1) is 0 Å². The van der Waals surface area contributed by atoms with Gasteiger partial charge in [-0.15, -0.1) is 0 Å². The van der Waals surface area contributed by atoms with E-state index in [1.165, 1.54) is 0 Å². The predicted molar refractivity (Wildman–Crippen MR) is 101 cm³/mol. The molecule has 0 N–H and O–H groups in total. The summed E-state index contributed by atoms with van der Waals surface area (Å²) in [6.07, 6.45) is 0. The third-order valence-electron chi connectivity index (χ3n) is 3.92. The van der Waals surface area contributed by atoms with Gasteiger partial charge in [-0.05, 0) is 39.0 Å². The summed E-state index contributed by atoms with van der Waals surface area (Å²) in [6.45, 7) is 6.10. The molecular weight excluding hydrogens is 350 g/mol. The van der Waals surface area contributed by atoms with Gasteiger partial charge < -0.3 is 9.42 Å². The Bertz CT molecular complexity index is 901. The second kappa shape index (κ2) is 7.30. The van der Waals surface area contributed by atoms with E-state index in [0.717, 1.165) is 5.56 Å². The first kappa shape index (κ1) is 18.1. The third-order valence-corrected chi connectivity index (χ3v) is 4.16. The lowest BCUT2D eigenvalue weighted by Gasteiger charge is -2.34. The van der Waals surface area contributed by atoms with Crippen molar-refractivity contribution in [3.8, 4) is 11.4 Å². The standard InChI is InChI=1S/C20H20ClN3O2/c1-20(2,3)24(19(25)15-10-7-11-16(21)12-15)13-17-22-18(23-26-17)14-8-5-4-6-9-14/h4-12H,13H2,1-3H3. The van der Waals surface area contributed by atoms with Crippen LogP contribution in [0.1, 0.15) is 37.0 Å². The Labute approximate surface area is 157 Å². The predicted octanol–water partition coefficient (Wildman–Crippen LogP) is 4.83. The molecule has 1 amide bonds. The number of hydrogen-bond donors (Lipinski definition) is 0. The normalized spacial score (nSPS) is 11.4. The van der Waals surface area contributed by atoms with E-state index in [1.807, 2.05) is 51.1 Å². The molecule has 0 unspecified atom stereocenters. The van der Waals surface area contributed by atoms with E-state index in [2.05, 4.69) is 10.1 Å². The smallest absolute Gasteiger partial charge is 0.254 e. The van der Waals surface area contributed by atoms with E-state index in [1.54, 1.807) is 29.2 Å². The van der Waals surface area contributed by atoms with Crippen LogP contribution in [0.4, 0.5) is 0 Å². The molecule has 5 nitrogen and oxygen atoms in total. The lowest BCUT2D eigenvalue weighted by Crippen LogP contribution is -2.45. The molecule has 2 aromatic carbocycles. The van der Waals surface area contributed by atoms with Crippen LogP contribution in [-0.2, 0) is 6.54 Å². The van der Waals surface area contributed by atoms with E-state index in [4.69, 9.17) is 16.1 Å². The third kappa shape index (κ3) is 4.11. The number of benzene rings is 2. The highest BCUT2D eigenvalue weighted by molar-refractivity contribution is 6.30. The summed E-state index contributed by atoms with van der Waals surface area (Å²) in [7, 11) is 0. The van der Waals surface area contributed by atoms with Crippen LogP contribution >= 0.6 is 11.6 Å². The van der Waals surface area contributed by atoms with Gasteiger partial charge in [0.1, 0.15) is 6.54 Å². The Morgan fingerprint density at radius 3 is 2.50 bits per heavy atom. The number of nitrogens with zero attached hydrogens (tertiary/aromatic N) is 3. The largest absolute Gasteiger partial charge is 0.337 e. The first-order chi connectivity index (χ1) is 12.3. The summed E-state index contributed by atoms with van der Waals surface area (Å²) in [5, 5.41) is 4.54. The maximum atomic E-state index is 13.0. The zero-order valence-electron chi connectivity index (χ0n) is 14.9. The minimum atomic E-state index is -0.430. The Hall–Kier alpha value is -2.66. The zero-order chi connectivity index (χ0) is 18.7. The van der Waals surface area contributed by atoms with Crippen molar-refractivity contribution in [2.45, 2.75) is 32.9 Å². The summed E-state index contributed by atoms with van der Waals surface area (Å²) in [5.41, 5.74) is 0.960. The first-order valence-corrected chi connectivity index (χ1v) is 8.68. The Balaban J connectivity index is 1.86. The molecule has 0 saturated carbocycles. The average Bonchev–Trinajstić information content (AvgIpc) is 3.08.